The molecule has 0 amide bonds. The van der Waals surface area contributed by atoms with Crippen LogP contribution in [0, 0.1) is 0 Å². The van der Waals surface area contributed by atoms with E-state index in [-0.39, 0.29) is 24.1 Å². The lowest BCUT2D eigenvalue weighted by Crippen LogP contribution is -2.24. The first kappa shape index (κ1) is 16.2. The number of halogens is 1. The molecule has 0 saturated carbocycles. The van der Waals surface area contributed by atoms with Crippen molar-refractivity contribution < 1.29 is 9.90 Å². The molecular weight excluding hydrogens is 360 g/mol. The molecule has 0 unspecified atom stereocenters. The van der Waals surface area contributed by atoms with Crippen LogP contribution in [0.1, 0.15) is 6.42 Å². The van der Waals surface area contributed by atoms with Crippen LogP contribution in [0.3, 0.4) is 0 Å². The number of aliphatic carboxylic acids is 1. The zero-order valence-corrected chi connectivity index (χ0v) is 14.0. The van der Waals surface area contributed by atoms with E-state index in [2.05, 4.69) is 20.3 Å². The first-order chi connectivity index (χ1) is 12.5. The predicted molar refractivity (Wildman–Crippen MR) is 93.0 cm³/mol. The lowest BCUT2D eigenvalue weighted by molar-refractivity contribution is -0.137. The van der Waals surface area contributed by atoms with Crippen molar-refractivity contribution in [3.63, 3.8) is 0 Å². The number of hydrogen-bond donors (Lipinski definition) is 1. The van der Waals surface area contributed by atoms with Gasteiger partial charge in [-0.05, 0) is 17.7 Å². The standard InChI is InChI=1S/C16H11ClN6O3/c17-10-3-1-9(2-4-10)11-7-19-23-14(11)21-20-13-15(23)18-8-22(16(13)26)6-5-12(24)25/h1-4,7-8H,5-6H2,(H,24,25). The van der Waals surface area contributed by atoms with E-state index in [1.807, 2.05) is 12.1 Å². The van der Waals surface area contributed by atoms with Crippen molar-refractivity contribution >= 4 is 34.4 Å². The third kappa shape index (κ3) is 2.68. The summed E-state index contributed by atoms with van der Waals surface area (Å²) < 4.78 is 2.63. The molecule has 4 rings (SSSR count). The average Bonchev–Trinajstić information content (AvgIpc) is 3.06. The summed E-state index contributed by atoms with van der Waals surface area (Å²) in [5, 5.41) is 21.8. The van der Waals surface area contributed by atoms with Crippen molar-refractivity contribution in [3.8, 4) is 11.1 Å². The summed E-state index contributed by atoms with van der Waals surface area (Å²) in [6, 6.07) is 7.19. The average molecular weight is 371 g/mol. The second kappa shape index (κ2) is 6.19. The molecule has 0 aliphatic heterocycles. The van der Waals surface area contributed by atoms with Gasteiger partial charge in [-0.15, -0.1) is 10.2 Å². The van der Waals surface area contributed by atoms with Gasteiger partial charge in [0.05, 0.1) is 12.6 Å². The van der Waals surface area contributed by atoms with Crippen molar-refractivity contribution in [2.24, 2.45) is 0 Å². The number of aryl methyl sites for hydroxylation is 1. The largest absolute Gasteiger partial charge is 0.481 e. The molecule has 1 aromatic carbocycles. The fourth-order valence-corrected chi connectivity index (χ4v) is 2.74. The van der Waals surface area contributed by atoms with Crippen LogP contribution in [0.4, 0.5) is 0 Å². The maximum absolute atomic E-state index is 12.5. The minimum Gasteiger partial charge on any atom is -0.481 e. The van der Waals surface area contributed by atoms with Crippen molar-refractivity contribution in [2.75, 3.05) is 0 Å². The number of carboxylic acids is 1. The van der Waals surface area contributed by atoms with Crippen molar-refractivity contribution in [3.05, 3.63) is 52.2 Å². The first-order valence-electron chi connectivity index (χ1n) is 7.62. The summed E-state index contributed by atoms with van der Waals surface area (Å²) in [4.78, 5) is 27.4. The Morgan fingerprint density at radius 1 is 1.15 bits per heavy atom. The molecule has 130 valence electrons. The topological polar surface area (TPSA) is 115 Å². The van der Waals surface area contributed by atoms with Crippen molar-refractivity contribution in [1.29, 1.82) is 0 Å². The predicted octanol–water partition coefficient (Wildman–Crippen LogP) is 1.63. The molecule has 0 fully saturated rings. The Morgan fingerprint density at radius 2 is 1.92 bits per heavy atom. The second-order valence-corrected chi connectivity index (χ2v) is 6.00. The van der Waals surface area contributed by atoms with Gasteiger partial charge in [0.25, 0.3) is 5.56 Å². The van der Waals surface area contributed by atoms with Crippen LogP contribution in [0.2, 0.25) is 5.02 Å². The van der Waals surface area contributed by atoms with E-state index in [1.165, 1.54) is 15.4 Å². The van der Waals surface area contributed by atoms with Crippen LogP contribution in [0.25, 0.3) is 27.9 Å². The van der Waals surface area contributed by atoms with Gasteiger partial charge in [-0.1, -0.05) is 23.7 Å². The molecule has 0 atom stereocenters. The van der Waals surface area contributed by atoms with Crippen LogP contribution in [-0.4, -0.2) is 40.4 Å². The molecule has 9 nitrogen and oxygen atoms in total. The highest BCUT2D eigenvalue weighted by Crippen LogP contribution is 2.25. The van der Waals surface area contributed by atoms with Crippen molar-refractivity contribution in [2.45, 2.75) is 13.0 Å². The number of carboxylic acid groups (broad SMARTS) is 1. The van der Waals surface area contributed by atoms with E-state index >= 15 is 0 Å². The summed E-state index contributed by atoms with van der Waals surface area (Å²) in [5.74, 6) is -1.00. The maximum Gasteiger partial charge on any atom is 0.305 e. The van der Waals surface area contributed by atoms with Gasteiger partial charge in [-0.2, -0.15) is 9.61 Å². The Balaban J connectivity index is 1.86. The minimum atomic E-state index is -1.00. The molecular formula is C16H11ClN6O3. The van der Waals surface area contributed by atoms with Crippen LogP contribution >= 0.6 is 11.6 Å². The lowest BCUT2D eigenvalue weighted by atomic mass is 10.1. The van der Waals surface area contributed by atoms with Crippen LogP contribution in [0.5, 0.6) is 0 Å². The lowest BCUT2D eigenvalue weighted by Gasteiger charge is -2.05. The molecule has 0 saturated heterocycles. The molecule has 0 radical (unpaired) electrons. The Kier molecular flexibility index (Phi) is 3.85. The fourth-order valence-electron chi connectivity index (χ4n) is 2.61. The highest BCUT2D eigenvalue weighted by atomic mass is 35.5. The zero-order valence-electron chi connectivity index (χ0n) is 13.2. The van der Waals surface area contributed by atoms with Gasteiger partial charge in [0.2, 0.25) is 0 Å². The van der Waals surface area contributed by atoms with Crippen LogP contribution in [-0.2, 0) is 11.3 Å². The Hall–Kier alpha value is -3.33. The van der Waals surface area contributed by atoms with E-state index in [4.69, 9.17) is 16.7 Å². The van der Waals surface area contributed by atoms with Gasteiger partial charge in [-0.25, -0.2) is 4.98 Å². The number of benzene rings is 1. The van der Waals surface area contributed by atoms with E-state index in [9.17, 15) is 9.59 Å². The molecule has 0 aliphatic rings. The first-order valence-corrected chi connectivity index (χ1v) is 7.99. The number of rotatable bonds is 4. The van der Waals surface area contributed by atoms with E-state index in [0.29, 0.717) is 10.7 Å². The molecule has 0 aliphatic carbocycles. The van der Waals surface area contributed by atoms with E-state index in [0.717, 1.165) is 11.1 Å². The Morgan fingerprint density at radius 3 is 2.65 bits per heavy atom. The molecule has 1 N–H and O–H groups in total. The van der Waals surface area contributed by atoms with E-state index in [1.54, 1.807) is 18.3 Å². The van der Waals surface area contributed by atoms with Gasteiger partial charge in [0.1, 0.15) is 6.33 Å². The minimum absolute atomic E-state index is 0.00591. The summed E-state index contributed by atoms with van der Waals surface area (Å²) in [6.45, 7) is 0.00591. The fraction of sp³-hybridized carbons (Fsp3) is 0.125. The maximum atomic E-state index is 12.5. The summed E-state index contributed by atoms with van der Waals surface area (Å²) in [6.07, 6.45) is 2.72. The third-order valence-corrected chi connectivity index (χ3v) is 4.16. The van der Waals surface area contributed by atoms with Gasteiger partial charge < -0.3 is 5.11 Å². The molecule has 0 spiro atoms. The molecule has 3 aromatic heterocycles. The summed E-state index contributed by atoms with van der Waals surface area (Å²) >= 11 is 5.91. The molecule has 4 aromatic rings. The van der Waals surface area contributed by atoms with Gasteiger partial charge in [0.15, 0.2) is 16.8 Å². The molecule has 0 bridgehead atoms. The Labute approximate surface area is 150 Å². The smallest absolute Gasteiger partial charge is 0.305 e. The number of carbonyl (C=O) groups is 1. The number of fused-ring (bicyclic) bond motifs is 3. The summed E-state index contributed by atoms with van der Waals surface area (Å²) in [5.41, 5.74) is 1.85. The van der Waals surface area contributed by atoms with Gasteiger partial charge in [0, 0.05) is 17.1 Å². The quantitative estimate of drug-likeness (QED) is 0.580. The number of hydrogen-bond acceptors (Lipinski definition) is 6. The van der Waals surface area contributed by atoms with E-state index < -0.39 is 11.5 Å². The normalized spacial score (nSPS) is 11.3. The van der Waals surface area contributed by atoms with Crippen LogP contribution in [0.15, 0.2) is 41.6 Å². The van der Waals surface area contributed by atoms with Crippen LogP contribution < -0.4 is 5.56 Å². The Bertz CT molecular complexity index is 1200. The monoisotopic (exact) mass is 370 g/mol. The van der Waals surface area contributed by atoms with Crippen molar-refractivity contribution in [1.82, 2.24) is 29.4 Å². The molecule has 3 heterocycles. The number of nitrogens with zero attached hydrogens (tertiary/aromatic N) is 6. The second-order valence-electron chi connectivity index (χ2n) is 5.56. The third-order valence-electron chi connectivity index (χ3n) is 3.91. The highest BCUT2D eigenvalue weighted by molar-refractivity contribution is 6.30. The molecule has 10 heteroatoms. The highest BCUT2D eigenvalue weighted by Gasteiger charge is 2.15. The molecule has 26 heavy (non-hydrogen) atoms. The zero-order chi connectivity index (χ0) is 18.3. The van der Waals surface area contributed by atoms with Gasteiger partial charge in [-0.3, -0.25) is 14.2 Å². The number of aromatic nitrogens is 6. The summed E-state index contributed by atoms with van der Waals surface area (Å²) in [7, 11) is 0. The SMILES string of the molecule is O=C(O)CCn1cnc2c(nnc3c(-c4ccc(Cl)cc4)cnn32)c1=O. The van der Waals surface area contributed by atoms with Gasteiger partial charge >= 0.3 is 5.97 Å².